The zero-order valence-electron chi connectivity index (χ0n) is 13.4. The van der Waals surface area contributed by atoms with Crippen LogP contribution in [0.25, 0.3) is 0 Å². The third-order valence-electron chi connectivity index (χ3n) is 4.57. The third-order valence-corrected chi connectivity index (χ3v) is 4.57. The number of nitrogens with two attached hydrogens (primary N) is 1. The Hall–Kier alpha value is -1.09. The molecule has 0 amide bonds. The Labute approximate surface area is 123 Å². The van der Waals surface area contributed by atoms with E-state index < -0.39 is 0 Å². The molecule has 112 valence electrons. The minimum absolute atomic E-state index is 0.250. The minimum Gasteiger partial charge on any atom is -0.356 e. The van der Waals surface area contributed by atoms with Crippen LogP contribution in [0.1, 0.15) is 46.1 Å². The normalized spacial score (nSPS) is 21.2. The first-order valence-electron chi connectivity index (χ1n) is 7.85. The Morgan fingerprint density at radius 3 is 2.65 bits per heavy atom. The Kier molecular flexibility index (Phi) is 4.69. The van der Waals surface area contributed by atoms with E-state index in [2.05, 4.69) is 49.7 Å². The lowest BCUT2D eigenvalue weighted by Crippen LogP contribution is -2.26. The van der Waals surface area contributed by atoms with Gasteiger partial charge in [-0.1, -0.05) is 33.8 Å². The summed E-state index contributed by atoms with van der Waals surface area (Å²) in [4.78, 5) is 7.05. The molecule has 0 aromatic carbocycles. The third kappa shape index (κ3) is 3.72. The van der Waals surface area contributed by atoms with Crippen LogP contribution >= 0.6 is 0 Å². The summed E-state index contributed by atoms with van der Waals surface area (Å²) in [5.41, 5.74) is 7.63. The molecule has 1 aromatic heterocycles. The molecule has 2 atom stereocenters. The maximum atomic E-state index is 5.99. The molecule has 1 saturated heterocycles. The second kappa shape index (κ2) is 6.13. The van der Waals surface area contributed by atoms with Gasteiger partial charge in [0.25, 0.3) is 0 Å². The molecule has 0 aliphatic carbocycles. The molecule has 0 radical (unpaired) electrons. The SMILES string of the molecule is CCC(N)Cc1ccc(N2CCC(C(C)(C)C)C2)nc1. The molecule has 1 fully saturated rings. The summed E-state index contributed by atoms with van der Waals surface area (Å²) in [7, 11) is 0. The summed E-state index contributed by atoms with van der Waals surface area (Å²) in [6.45, 7) is 11.4. The second-order valence-electron chi connectivity index (χ2n) is 7.19. The van der Waals surface area contributed by atoms with E-state index in [1.54, 1.807) is 0 Å². The van der Waals surface area contributed by atoms with E-state index in [1.807, 2.05) is 6.20 Å². The zero-order valence-corrected chi connectivity index (χ0v) is 13.4. The molecular formula is C17H29N3. The minimum atomic E-state index is 0.250. The number of anilines is 1. The number of rotatable bonds is 4. The number of aromatic nitrogens is 1. The van der Waals surface area contributed by atoms with Crippen LogP contribution in [-0.2, 0) is 6.42 Å². The van der Waals surface area contributed by atoms with Crippen LogP contribution in [0.2, 0.25) is 0 Å². The van der Waals surface area contributed by atoms with Crippen molar-refractivity contribution in [1.82, 2.24) is 4.98 Å². The van der Waals surface area contributed by atoms with Crippen molar-refractivity contribution in [2.75, 3.05) is 18.0 Å². The molecule has 1 aromatic rings. The van der Waals surface area contributed by atoms with Gasteiger partial charge in [0.1, 0.15) is 5.82 Å². The number of nitrogens with zero attached hydrogens (tertiary/aromatic N) is 2. The molecule has 3 heteroatoms. The number of pyridine rings is 1. The van der Waals surface area contributed by atoms with Crippen molar-refractivity contribution in [2.24, 2.45) is 17.1 Å². The van der Waals surface area contributed by atoms with Gasteiger partial charge in [0.2, 0.25) is 0 Å². The van der Waals surface area contributed by atoms with Crippen LogP contribution in [0.4, 0.5) is 5.82 Å². The van der Waals surface area contributed by atoms with Crippen LogP contribution in [-0.4, -0.2) is 24.1 Å². The van der Waals surface area contributed by atoms with Gasteiger partial charge >= 0.3 is 0 Å². The van der Waals surface area contributed by atoms with Crippen molar-refractivity contribution in [3.63, 3.8) is 0 Å². The predicted molar refractivity (Wildman–Crippen MR) is 86.0 cm³/mol. The second-order valence-corrected chi connectivity index (χ2v) is 7.19. The van der Waals surface area contributed by atoms with E-state index in [1.165, 1.54) is 12.0 Å². The highest BCUT2D eigenvalue weighted by Gasteiger charge is 2.32. The average molecular weight is 275 g/mol. The molecule has 2 rings (SSSR count). The molecular weight excluding hydrogens is 246 g/mol. The van der Waals surface area contributed by atoms with Crippen LogP contribution < -0.4 is 10.6 Å². The van der Waals surface area contributed by atoms with Gasteiger partial charge in [-0.25, -0.2) is 4.98 Å². The van der Waals surface area contributed by atoms with Crippen LogP contribution in [0.3, 0.4) is 0 Å². The van der Waals surface area contributed by atoms with Crippen LogP contribution in [0, 0.1) is 11.3 Å². The van der Waals surface area contributed by atoms with Gasteiger partial charge < -0.3 is 10.6 Å². The van der Waals surface area contributed by atoms with E-state index in [0.717, 1.165) is 37.7 Å². The fourth-order valence-electron chi connectivity index (χ4n) is 2.85. The smallest absolute Gasteiger partial charge is 0.128 e. The van der Waals surface area contributed by atoms with Gasteiger partial charge in [-0.3, -0.25) is 0 Å². The Morgan fingerprint density at radius 2 is 2.15 bits per heavy atom. The maximum Gasteiger partial charge on any atom is 0.128 e. The molecule has 3 nitrogen and oxygen atoms in total. The number of hydrogen-bond donors (Lipinski definition) is 1. The predicted octanol–water partition coefficient (Wildman–Crippen LogP) is 3.23. The standard InChI is InChI=1S/C17H29N3/c1-5-15(18)10-13-6-7-16(19-11-13)20-9-8-14(12-20)17(2,3)4/h6-7,11,14-15H,5,8-10,12,18H2,1-4H3. The zero-order chi connectivity index (χ0) is 14.8. The Morgan fingerprint density at radius 1 is 1.40 bits per heavy atom. The Bertz CT molecular complexity index is 419. The first-order valence-corrected chi connectivity index (χ1v) is 7.85. The molecule has 1 aliphatic rings. The first kappa shape index (κ1) is 15.3. The highest BCUT2D eigenvalue weighted by atomic mass is 15.2. The highest BCUT2D eigenvalue weighted by molar-refractivity contribution is 5.40. The highest BCUT2D eigenvalue weighted by Crippen LogP contribution is 2.35. The van der Waals surface area contributed by atoms with E-state index in [4.69, 9.17) is 5.73 Å². The molecule has 0 saturated carbocycles. The largest absolute Gasteiger partial charge is 0.356 e. The van der Waals surface area contributed by atoms with Crippen molar-refractivity contribution >= 4 is 5.82 Å². The van der Waals surface area contributed by atoms with Gasteiger partial charge in [0.15, 0.2) is 0 Å². The van der Waals surface area contributed by atoms with Crippen molar-refractivity contribution in [1.29, 1.82) is 0 Å². The van der Waals surface area contributed by atoms with Gasteiger partial charge in [-0.2, -0.15) is 0 Å². The molecule has 20 heavy (non-hydrogen) atoms. The fraction of sp³-hybridized carbons (Fsp3) is 0.706. The van der Waals surface area contributed by atoms with Crippen molar-refractivity contribution in [3.05, 3.63) is 23.9 Å². The molecule has 2 N–H and O–H groups in total. The monoisotopic (exact) mass is 275 g/mol. The van der Waals surface area contributed by atoms with E-state index >= 15 is 0 Å². The van der Waals surface area contributed by atoms with Gasteiger partial charge in [-0.05, 0) is 42.2 Å². The lowest BCUT2D eigenvalue weighted by Gasteiger charge is -2.27. The number of hydrogen-bond acceptors (Lipinski definition) is 3. The topological polar surface area (TPSA) is 42.1 Å². The lowest BCUT2D eigenvalue weighted by atomic mass is 9.80. The molecule has 2 unspecified atom stereocenters. The summed E-state index contributed by atoms with van der Waals surface area (Å²) in [5.74, 6) is 1.88. The average Bonchev–Trinajstić information content (AvgIpc) is 2.89. The molecule has 1 aliphatic heterocycles. The Balaban J connectivity index is 1.97. The summed E-state index contributed by atoms with van der Waals surface area (Å²) in [6.07, 6.45) is 5.21. The van der Waals surface area contributed by atoms with Gasteiger partial charge in [0.05, 0.1) is 0 Å². The maximum absolute atomic E-state index is 5.99. The van der Waals surface area contributed by atoms with Crippen molar-refractivity contribution in [3.8, 4) is 0 Å². The van der Waals surface area contributed by atoms with Crippen LogP contribution in [0.15, 0.2) is 18.3 Å². The summed E-state index contributed by atoms with van der Waals surface area (Å²) < 4.78 is 0. The summed E-state index contributed by atoms with van der Waals surface area (Å²) in [5, 5.41) is 0. The lowest BCUT2D eigenvalue weighted by molar-refractivity contribution is 0.263. The van der Waals surface area contributed by atoms with Crippen molar-refractivity contribution in [2.45, 2.75) is 53.0 Å². The van der Waals surface area contributed by atoms with E-state index in [9.17, 15) is 0 Å². The van der Waals surface area contributed by atoms with E-state index in [-0.39, 0.29) is 6.04 Å². The first-order chi connectivity index (χ1) is 9.40. The fourth-order valence-corrected chi connectivity index (χ4v) is 2.85. The quantitative estimate of drug-likeness (QED) is 0.917. The molecule has 2 heterocycles. The summed E-state index contributed by atoms with van der Waals surface area (Å²) in [6, 6.07) is 4.59. The summed E-state index contributed by atoms with van der Waals surface area (Å²) >= 11 is 0. The van der Waals surface area contributed by atoms with E-state index in [0.29, 0.717) is 5.41 Å². The van der Waals surface area contributed by atoms with Gasteiger partial charge in [0, 0.05) is 25.3 Å². The molecule has 0 spiro atoms. The molecule has 0 bridgehead atoms. The van der Waals surface area contributed by atoms with Crippen LogP contribution in [0.5, 0.6) is 0 Å². The van der Waals surface area contributed by atoms with Gasteiger partial charge in [-0.15, -0.1) is 0 Å². The van der Waals surface area contributed by atoms with Crippen molar-refractivity contribution < 1.29 is 0 Å².